The number of pyridine rings is 1. The first-order valence-electron chi connectivity index (χ1n) is 14.5. The number of halogens is 1. The average molecular weight is 655 g/mol. The standard InChI is InChI=1S/C32H35ClN4O7S/c1-32(2,3)44-31(39)36-28-12-4-21(19-34-28)20-35-29(38)13-7-23-18-26-25(10-11-27(33)30(26)43-23)22-5-8-24(9-6-22)45(40,41)37-14-16-42-17-15-37/h4-13,19,23H,14-18,20H2,1-3H3,(H,35,38)(H,34,36,39). The highest BCUT2D eigenvalue weighted by atomic mass is 35.5. The van der Waals surface area contributed by atoms with Crippen LogP contribution in [0.2, 0.25) is 5.02 Å². The predicted octanol–water partition coefficient (Wildman–Crippen LogP) is 4.95. The molecular formula is C32H35ClN4O7S. The molecule has 1 saturated heterocycles. The lowest BCUT2D eigenvalue weighted by Crippen LogP contribution is -2.40. The van der Waals surface area contributed by atoms with Crippen LogP contribution >= 0.6 is 11.6 Å². The first kappa shape index (κ1) is 32.4. The number of morpholine rings is 1. The maximum Gasteiger partial charge on any atom is 0.413 e. The Balaban J connectivity index is 1.17. The molecule has 45 heavy (non-hydrogen) atoms. The summed E-state index contributed by atoms with van der Waals surface area (Å²) >= 11 is 6.45. The Labute approximate surface area is 267 Å². The third-order valence-corrected chi connectivity index (χ3v) is 9.25. The van der Waals surface area contributed by atoms with Gasteiger partial charge in [-0.1, -0.05) is 35.9 Å². The van der Waals surface area contributed by atoms with Crippen molar-refractivity contribution in [2.24, 2.45) is 0 Å². The van der Waals surface area contributed by atoms with Gasteiger partial charge in [0.25, 0.3) is 0 Å². The number of hydrogen-bond acceptors (Lipinski definition) is 8. The Morgan fingerprint density at radius 2 is 1.82 bits per heavy atom. The molecule has 2 N–H and O–H groups in total. The zero-order valence-corrected chi connectivity index (χ0v) is 26.8. The largest absolute Gasteiger partial charge is 0.484 e. The minimum absolute atomic E-state index is 0.228. The van der Waals surface area contributed by atoms with Gasteiger partial charge in [-0.25, -0.2) is 18.2 Å². The van der Waals surface area contributed by atoms with Crippen molar-refractivity contribution in [1.82, 2.24) is 14.6 Å². The molecule has 1 fully saturated rings. The van der Waals surface area contributed by atoms with E-state index in [1.54, 1.807) is 75.5 Å². The van der Waals surface area contributed by atoms with Crippen LogP contribution < -0.4 is 15.4 Å². The molecule has 2 aliphatic rings. The number of carbonyl (C=O) groups excluding carboxylic acids is 2. The molecule has 2 aliphatic heterocycles. The summed E-state index contributed by atoms with van der Waals surface area (Å²) in [5.74, 6) is 0.568. The van der Waals surface area contributed by atoms with Crippen molar-refractivity contribution in [2.45, 2.75) is 50.3 Å². The molecule has 0 radical (unpaired) electrons. The van der Waals surface area contributed by atoms with Crippen LogP contribution in [-0.4, -0.2) is 67.7 Å². The summed E-state index contributed by atoms with van der Waals surface area (Å²) in [6, 6.07) is 13.8. The van der Waals surface area contributed by atoms with Crippen molar-refractivity contribution < 1.29 is 32.2 Å². The zero-order valence-electron chi connectivity index (χ0n) is 25.2. The quantitative estimate of drug-likeness (QED) is 0.326. The molecule has 13 heteroatoms. The molecule has 0 bridgehead atoms. The molecule has 2 amide bonds. The summed E-state index contributed by atoms with van der Waals surface area (Å²) < 4.78 is 44.1. The molecule has 0 aliphatic carbocycles. The number of carbonyl (C=O) groups is 2. The van der Waals surface area contributed by atoms with Gasteiger partial charge in [0.1, 0.15) is 23.3 Å². The molecule has 5 rings (SSSR count). The Bertz CT molecular complexity index is 1680. The van der Waals surface area contributed by atoms with Crippen LogP contribution in [0.25, 0.3) is 11.1 Å². The molecule has 0 spiro atoms. The molecule has 2 aromatic carbocycles. The van der Waals surface area contributed by atoms with E-state index in [-0.39, 0.29) is 17.3 Å². The van der Waals surface area contributed by atoms with Crippen LogP contribution in [-0.2, 0) is 37.3 Å². The van der Waals surface area contributed by atoms with Crippen LogP contribution in [0.1, 0.15) is 31.9 Å². The second-order valence-electron chi connectivity index (χ2n) is 11.6. The number of nitrogens with zero attached hydrogens (tertiary/aromatic N) is 2. The van der Waals surface area contributed by atoms with E-state index < -0.39 is 27.8 Å². The third-order valence-electron chi connectivity index (χ3n) is 7.04. The van der Waals surface area contributed by atoms with Gasteiger partial charge in [-0.3, -0.25) is 10.1 Å². The molecular weight excluding hydrogens is 620 g/mol. The number of rotatable bonds is 8. The lowest BCUT2D eigenvalue weighted by molar-refractivity contribution is -0.116. The van der Waals surface area contributed by atoms with Gasteiger partial charge in [0.15, 0.2) is 0 Å². The van der Waals surface area contributed by atoms with E-state index in [9.17, 15) is 18.0 Å². The predicted molar refractivity (Wildman–Crippen MR) is 170 cm³/mol. The van der Waals surface area contributed by atoms with Gasteiger partial charge in [0, 0.05) is 43.9 Å². The van der Waals surface area contributed by atoms with Crippen LogP contribution in [0.15, 0.2) is 71.8 Å². The van der Waals surface area contributed by atoms with Crippen molar-refractivity contribution in [3.05, 3.63) is 83.0 Å². The molecule has 0 saturated carbocycles. The molecule has 1 atom stereocenters. The van der Waals surface area contributed by atoms with Crippen molar-refractivity contribution in [3.8, 4) is 16.9 Å². The van der Waals surface area contributed by atoms with E-state index in [4.69, 9.17) is 25.8 Å². The smallest absolute Gasteiger partial charge is 0.413 e. The number of amides is 2. The number of nitrogens with one attached hydrogen (secondary N) is 2. The van der Waals surface area contributed by atoms with E-state index in [0.29, 0.717) is 49.3 Å². The SMILES string of the molecule is CC(C)(C)OC(=O)Nc1ccc(CNC(=O)C=CC2Cc3c(-c4ccc(S(=O)(=O)N5CCOCC5)cc4)ccc(Cl)c3O2)cn1. The number of anilines is 1. The number of ether oxygens (including phenoxy) is 3. The van der Waals surface area contributed by atoms with Gasteiger partial charge < -0.3 is 19.5 Å². The van der Waals surface area contributed by atoms with Crippen LogP contribution in [0, 0.1) is 0 Å². The van der Waals surface area contributed by atoms with Crippen molar-refractivity contribution >= 4 is 39.4 Å². The van der Waals surface area contributed by atoms with E-state index in [0.717, 1.165) is 22.3 Å². The van der Waals surface area contributed by atoms with E-state index in [1.165, 1.54) is 10.4 Å². The van der Waals surface area contributed by atoms with Crippen molar-refractivity contribution in [1.29, 1.82) is 0 Å². The Kier molecular flexibility index (Phi) is 9.78. The minimum atomic E-state index is -3.60. The zero-order chi connectivity index (χ0) is 32.2. The van der Waals surface area contributed by atoms with Crippen LogP contribution in [0.5, 0.6) is 5.75 Å². The van der Waals surface area contributed by atoms with E-state index in [1.807, 2.05) is 6.07 Å². The van der Waals surface area contributed by atoms with Gasteiger partial charge in [0.05, 0.1) is 23.1 Å². The summed E-state index contributed by atoms with van der Waals surface area (Å²) in [5.41, 5.74) is 2.72. The molecule has 1 unspecified atom stereocenters. The van der Waals surface area contributed by atoms with Gasteiger partial charge >= 0.3 is 6.09 Å². The lowest BCUT2D eigenvalue weighted by atomic mass is 9.96. The maximum absolute atomic E-state index is 13.0. The van der Waals surface area contributed by atoms with Crippen LogP contribution in [0.3, 0.4) is 0 Å². The summed E-state index contributed by atoms with van der Waals surface area (Å²) in [6.07, 6.45) is 4.13. The highest BCUT2D eigenvalue weighted by molar-refractivity contribution is 7.89. The summed E-state index contributed by atoms with van der Waals surface area (Å²) in [7, 11) is -3.60. The number of aromatic nitrogens is 1. The average Bonchev–Trinajstić information content (AvgIpc) is 3.45. The second kappa shape index (κ2) is 13.6. The summed E-state index contributed by atoms with van der Waals surface area (Å²) in [4.78, 5) is 28.9. The number of hydrogen-bond donors (Lipinski definition) is 2. The summed E-state index contributed by atoms with van der Waals surface area (Å²) in [6.45, 7) is 6.99. The molecule has 11 nitrogen and oxygen atoms in total. The lowest BCUT2D eigenvalue weighted by Gasteiger charge is -2.26. The molecule has 1 aromatic heterocycles. The van der Waals surface area contributed by atoms with Gasteiger partial charge in [-0.05, 0) is 67.8 Å². The van der Waals surface area contributed by atoms with Gasteiger partial charge in [-0.2, -0.15) is 4.31 Å². The van der Waals surface area contributed by atoms with Crippen molar-refractivity contribution in [2.75, 3.05) is 31.6 Å². The highest BCUT2D eigenvalue weighted by Crippen LogP contribution is 2.42. The first-order chi connectivity index (χ1) is 21.4. The Morgan fingerprint density at radius 3 is 2.49 bits per heavy atom. The molecule has 3 aromatic rings. The summed E-state index contributed by atoms with van der Waals surface area (Å²) in [5, 5.41) is 5.83. The number of benzene rings is 2. The fraction of sp³-hybridized carbons (Fsp3) is 0.344. The topological polar surface area (TPSA) is 136 Å². The first-order valence-corrected chi connectivity index (χ1v) is 16.3. The Hall–Kier alpha value is -3.97. The van der Waals surface area contributed by atoms with Crippen molar-refractivity contribution in [3.63, 3.8) is 0 Å². The highest BCUT2D eigenvalue weighted by Gasteiger charge is 2.29. The normalized spacial score (nSPS) is 17.0. The van der Waals surface area contributed by atoms with Crippen LogP contribution in [0.4, 0.5) is 10.6 Å². The monoisotopic (exact) mass is 654 g/mol. The maximum atomic E-state index is 13.0. The van der Waals surface area contributed by atoms with Gasteiger partial charge in [0.2, 0.25) is 15.9 Å². The minimum Gasteiger partial charge on any atom is -0.484 e. The van der Waals surface area contributed by atoms with E-state index >= 15 is 0 Å². The second-order valence-corrected chi connectivity index (χ2v) is 13.9. The fourth-order valence-electron chi connectivity index (χ4n) is 4.90. The molecule has 238 valence electrons. The third kappa shape index (κ3) is 8.20. The fourth-order valence-corrected chi connectivity index (χ4v) is 6.53. The van der Waals surface area contributed by atoms with Gasteiger partial charge in [-0.15, -0.1) is 0 Å². The Morgan fingerprint density at radius 1 is 1.09 bits per heavy atom. The van der Waals surface area contributed by atoms with E-state index in [2.05, 4.69) is 15.6 Å². The molecule has 3 heterocycles. The number of sulfonamides is 1. The number of fused-ring (bicyclic) bond motifs is 1.